The molecular formula is C22H23N7O. The molecule has 8 nitrogen and oxygen atoms in total. The molecule has 0 bridgehead atoms. The molecule has 0 saturated carbocycles. The highest BCUT2D eigenvalue weighted by Gasteiger charge is 2.36. The average Bonchev–Trinajstić information content (AvgIpc) is 3.37. The summed E-state index contributed by atoms with van der Waals surface area (Å²) in [5.41, 5.74) is 5.71. The molecule has 0 saturated heterocycles. The van der Waals surface area contributed by atoms with Gasteiger partial charge in [-0.15, -0.1) is 5.10 Å². The number of hydrogen-bond donors (Lipinski definition) is 1. The molecule has 3 aromatic heterocycles. The van der Waals surface area contributed by atoms with E-state index in [1.807, 2.05) is 53.1 Å². The third-order valence-electron chi connectivity index (χ3n) is 5.61. The van der Waals surface area contributed by atoms with Crippen molar-refractivity contribution in [3.8, 4) is 11.3 Å². The molecule has 0 aliphatic carbocycles. The highest BCUT2D eigenvalue weighted by atomic mass is 16.2. The van der Waals surface area contributed by atoms with Crippen molar-refractivity contribution in [1.29, 1.82) is 0 Å². The number of fused-ring (bicyclic) bond motifs is 2. The molecule has 0 fully saturated rings. The monoisotopic (exact) mass is 401 g/mol. The van der Waals surface area contributed by atoms with Crippen LogP contribution in [0.4, 0.5) is 17.3 Å². The Morgan fingerprint density at radius 2 is 2.00 bits per heavy atom. The highest BCUT2D eigenvalue weighted by Crippen LogP contribution is 2.42. The first-order valence-electron chi connectivity index (χ1n) is 9.85. The molecule has 152 valence electrons. The van der Waals surface area contributed by atoms with Crippen LogP contribution in [0.15, 0.2) is 48.9 Å². The molecule has 4 heterocycles. The molecule has 1 aliphatic rings. The number of aromatic nitrogens is 5. The van der Waals surface area contributed by atoms with E-state index in [-0.39, 0.29) is 11.3 Å². The summed E-state index contributed by atoms with van der Waals surface area (Å²) in [6.45, 7) is 6.60. The van der Waals surface area contributed by atoms with E-state index < -0.39 is 0 Å². The maximum atomic E-state index is 12.1. The second-order valence-corrected chi connectivity index (χ2v) is 8.39. The summed E-state index contributed by atoms with van der Waals surface area (Å²) in [6.07, 6.45) is 5.55. The topological polar surface area (TPSA) is 80.4 Å². The van der Waals surface area contributed by atoms with Gasteiger partial charge in [0.25, 0.3) is 0 Å². The van der Waals surface area contributed by atoms with E-state index in [1.54, 1.807) is 17.8 Å². The summed E-state index contributed by atoms with van der Waals surface area (Å²) < 4.78 is 3.62. The fourth-order valence-corrected chi connectivity index (χ4v) is 4.11. The number of benzene rings is 1. The Morgan fingerprint density at radius 3 is 2.73 bits per heavy atom. The van der Waals surface area contributed by atoms with Gasteiger partial charge >= 0.3 is 0 Å². The Bertz CT molecular complexity index is 1280. The van der Waals surface area contributed by atoms with E-state index in [1.165, 1.54) is 5.56 Å². The molecular weight excluding hydrogens is 378 g/mol. The molecule has 0 spiro atoms. The lowest BCUT2D eigenvalue weighted by atomic mass is 9.87. The molecule has 4 aromatic rings. The second kappa shape index (κ2) is 6.41. The standard InChI is InChI=1S/C22H23N7O/c1-14(30)28-13-22(2,3)18-7-5-16(9-20(18)28)25-21-23-11-17-6-8-19(29(17)26-21)15-10-24-27(4)12-15/h5-12H,13H2,1-4H3,(H,25,26). The molecule has 0 radical (unpaired) electrons. The van der Waals surface area contributed by atoms with E-state index in [9.17, 15) is 4.79 Å². The fraction of sp³-hybridized carbons (Fsp3) is 0.273. The fourth-order valence-electron chi connectivity index (χ4n) is 4.11. The van der Waals surface area contributed by atoms with Gasteiger partial charge in [0, 0.05) is 49.1 Å². The zero-order valence-electron chi connectivity index (χ0n) is 17.4. The van der Waals surface area contributed by atoms with Crippen LogP contribution >= 0.6 is 0 Å². The van der Waals surface area contributed by atoms with Gasteiger partial charge in [0.05, 0.1) is 23.6 Å². The van der Waals surface area contributed by atoms with Crippen LogP contribution in [0.3, 0.4) is 0 Å². The molecule has 0 atom stereocenters. The molecule has 1 N–H and O–H groups in total. The van der Waals surface area contributed by atoms with Crippen LogP contribution in [0.25, 0.3) is 16.8 Å². The number of anilines is 3. The van der Waals surface area contributed by atoms with Gasteiger partial charge in [-0.3, -0.25) is 9.48 Å². The first kappa shape index (κ1) is 18.4. The van der Waals surface area contributed by atoms with Gasteiger partial charge in [-0.25, -0.2) is 9.50 Å². The molecule has 0 unspecified atom stereocenters. The average molecular weight is 401 g/mol. The quantitative estimate of drug-likeness (QED) is 0.568. The van der Waals surface area contributed by atoms with Crippen molar-refractivity contribution in [3.63, 3.8) is 0 Å². The summed E-state index contributed by atoms with van der Waals surface area (Å²) in [5, 5.41) is 12.2. The van der Waals surface area contributed by atoms with Crippen molar-refractivity contribution in [2.24, 2.45) is 7.05 Å². The highest BCUT2D eigenvalue weighted by molar-refractivity contribution is 5.95. The maximum absolute atomic E-state index is 12.1. The van der Waals surface area contributed by atoms with Crippen molar-refractivity contribution in [2.75, 3.05) is 16.8 Å². The van der Waals surface area contributed by atoms with E-state index in [2.05, 4.69) is 40.4 Å². The summed E-state index contributed by atoms with van der Waals surface area (Å²) in [5.74, 6) is 0.528. The van der Waals surface area contributed by atoms with Gasteiger partial charge in [0.2, 0.25) is 11.9 Å². The number of nitrogens with zero attached hydrogens (tertiary/aromatic N) is 6. The first-order valence-corrected chi connectivity index (χ1v) is 9.85. The van der Waals surface area contributed by atoms with Gasteiger partial charge in [-0.05, 0) is 29.8 Å². The van der Waals surface area contributed by atoms with Crippen LogP contribution in [0, 0.1) is 0 Å². The largest absolute Gasteiger partial charge is 0.323 e. The number of amides is 1. The molecule has 1 aromatic carbocycles. The van der Waals surface area contributed by atoms with Crippen molar-refractivity contribution in [1.82, 2.24) is 24.4 Å². The predicted molar refractivity (Wildman–Crippen MR) is 116 cm³/mol. The minimum atomic E-state index is -0.0707. The van der Waals surface area contributed by atoms with Crippen molar-refractivity contribution in [3.05, 3.63) is 54.5 Å². The third-order valence-corrected chi connectivity index (χ3v) is 5.61. The normalized spacial score (nSPS) is 14.9. The smallest absolute Gasteiger partial charge is 0.245 e. The van der Waals surface area contributed by atoms with Crippen LogP contribution < -0.4 is 10.2 Å². The van der Waals surface area contributed by atoms with Crippen molar-refractivity contribution < 1.29 is 4.79 Å². The Morgan fingerprint density at radius 1 is 1.17 bits per heavy atom. The summed E-state index contributed by atoms with van der Waals surface area (Å²) in [4.78, 5) is 18.4. The third kappa shape index (κ3) is 2.92. The SMILES string of the molecule is CC(=O)N1CC(C)(C)c2ccc(Nc3ncc4ccc(-c5cnn(C)c5)n4n3)cc21. The summed E-state index contributed by atoms with van der Waals surface area (Å²) in [6, 6.07) is 10.1. The lowest BCUT2D eigenvalue weighted by Crippen LogP contribution is -2.31. The number of carbonyl (C=O) groups excluding carboxylic acids is 1. The number of carbonyl (C=O) groups is 1. The van der Waals surface area contributed by atoms with Gasteiger partial charge in [0.1, 0.15) is 0 Å². The summed E-state index contributed by atoms with van der Waals surface area (Å²) in [7, 11) is 1.89. The summed E-state index contributed by atoms with van der Waals surface area (Å²) >= 11 is 0. The second-order valence-electron chi connectivity index (χ2n) is 8.39. The maximum Gasteiger partial charge on any atom is 0.245 e. The van der Waals surface area contributed by atoms with Gasteiger partial charge in [0.15, 0.2) is 0 Å². The Hall–Kier alpha value is -3.68. The molecule has 5 rings (SSSR count). The van der Waals surface area contributed by atoms with Gasteiger partial charge in [-0.1, -0.05) is 19.9 Å². The zero-order valence-corrected chi connectivity index (χ0v) is 17.4. The van der Waals surface area contributed by atoms with E-state index in [0.717, 1.165) is 28.1 Å². The van der Waals surface area contributed by atoms with Crippen LogP contribution in [0.2, 0.25) is 0 Å². The van der Waals surface area contributed by atoms with Crippen molar-refractivity contribution in [2.45, 2.75) is 26.2 Å². The van der Waals surface area contributed by atoms with E-state index in [0.29, 0.717) is 12.5 Å². The molecule has 8 heteroatoms. The van der Waals surface area contributed by atoms with Gasteiger partial charge < -0.3 is 10.2 Å². The number of rotatable bonds is 3. The number of nitrogens with one attached hydrogen (secondary N) is 1. The Kier molecular flexibility index (Phi) is 3.92. The minimum absolute atomic E-state index is 0.0464. The molecule has 1 amide bonds. The van der Waals surface area contributed by atoms with E-state index >= 15 is 0 Å². The zero-order chi connectivity index (χ0) is 21.0. The number of aryl methyl sites for hydroxylation is 1. The van der Waals surface area contributed by atoms with Crippen LogP contribution in [-0.2, 0) is 17.3 Å². The lowest BCUT2D eigenvalue weighted by Gasteiger charge is -2.19. The lowest BCUT2D eigenvalue weighted by molar-refractivity contribution is -0.116. The minimum Gasteiger partial charge on any atom is -0.323 e. The Balaban J connectivity index is 1.51. The molecule has 1 aliphatic heterocycles. The molecule has 30 heavy (non-hydrogen) atoms. The van der Waals surface area contributed by atoms with E-state index in [4.69, 9.17) is 0 Å². The first-order chi connectivity index (χ1) is 14.3. The Labute approximate surface area is 174 Å². The predicted octanol–water partition coefficient (Wildman–Crippen LogP) is 3.52. The number of hydrogen-bond acceptors (Lipinski definition) is 5. The van der Waals surface area contributed by atoms with Crippen LogP contribution in [-0.4, -0.2) is 36.8 Å². The van der Waals surface area contributed by atoms with Crippen LogP contribution in [0.1, 0.15) is 26.3 Å². The van der Waals surface area contributed by atoms with Gasteiger partial charge in [-0.2, -0.15) is 5.10 Å². The van der Waals surface area contributed by atoms with Crippen LogP contribution in [0.5, 0.6) is 0 Å². The van der Waals surface area contributed by atoms with Crippen molar-refractivity contribution >= 4 is 28.7 Å².